The van der Waals surface area contributed by atoms with E-state index in [0.717, 1.165) is 11.1 Å². The van der Waals surface area contributed by atoms with Crippen LogP contribution in [0.5, 0.6) is 23.0 Å². The Morgan fingerprint density at radius 1 is 0.757 bits per heavy atom. The van der Waals surface area contributed by atoms with E-state index in [4.69, 9.17) is 28.4 Å². The maximum atomic E-state index is 10.3. The molecular weight excluding hydrogens is 488 g/mol. The highest BCUT2D eigenvalue weighted by Crippen LogP contribution is 2.47. The van der Waals surface area contributed by atoms with Crippen molar-refractivity contribution in [2.24, 2.45) is 0 Å². The van der Waals surface area contributed by atoms with Crippen LogP contribution in [-0.4, -0.2) is 89.3 Å². The van der Waals surface area contributed by atoms with Gasteiger partial charge in [-0.25, -0.2) is 0 Å². The number of rotatable bonds is 7. The number of benzene rings is 2. The summed E-state index contributed by atoms with van der Waals surface area (Å²) in [4.78, 5) is 0. The maximum Gasteiger partial charge on any atom is 0.229 e. The minimum Gasteiger partial charge on any atom is -0.504 e. The summed E-state index contributed by atoms with van der Waals surface area (Å²) in [5.41, 5.74) is 1.78. The highest BCUT2D eigenvalue weighted by atomic mass is 16.7. The van der Waals surface area contributed by atoms with E-state index in [0.29, 0.717) is 24.3 Å². The van der Waals surface area contributed by atoms with Gasteiger partial charge in [0.15, 0.2) is 23.0 Å². The van der Waals surface area contributed by atoms with Crippen molar-refractivity contribution in [1.82, 2.24) is 0 Å². The van der Waals surface area contributed by atoms with Crippen LogP contribution in [0.3, 0.4) is 0 Å². The van der Waals surface area contributed by atoms with Gasteiger partial charge in [0, 0.05) is 12.8 Å². The van der Waals surface area contributed by atoms with Crippen LogP contribution in [0.25, 0.3) is 0 Å². The molecule has 2 aromatic carbocycles. The summed E-state index contributed by atoms with van der Waals surface area (Å²) < 4.78 is 34.4. The van der Waals surface area contributed by atoms with Crippen LogP contribution in [0.2, 0.25) is 0 Å². The summed E-state index contributed by atoms with van der Waals surface area (Å²) >= 11 is 0. The molecule has 5 rings (SSSR count). The largest absolute Gasteiger partial charge is 0.504 e. The lowest BCUT2D eigenvalue weighted by Crippen LogP contribution is -2.60. The van der Waals surface area contributed by atoms with E-state index in [2.05, 4.69) is 0 Å². The van der Waals surface area contributed by atoms with Crippen LogP contribution >= 0.6 is 0 Å². The van der Waals surface area contributed by atoms with Gasteiger partial charge in [-0.3, -0.25) is 0 Å². The predicted molar refractivity (Wildman–Crippen MR) is 127 cm³/mol. The third kappa shape index (κ3) is 4.96. The number of ether oxygens (including phenoxy) is 6. The zero-order chi connectivity index (χ0) is 26.3. The third-order valence-corrected chi connectivity index (χ3v) is 7.21. The Balaban J connectivity index is 1.24. The van der Waals surface area contributed by atoms with Crippen LogP contribution < -0.4 is 14.2 Å². The molecule has 5 N–H and O–H groups in total. The van der Waals surface area contributed by atoms with Crippen LogP contribution in [0.4, 0.5) is 0 Å². The lowest BCUT2D eigenvalue weighted by Gasteiger charge is -2.39. The lowest BCUT2D eigenvalue weighted by molar-refractivity contribution is -0.277. The van der Waals surface area contributed by atoms with Crippen molar-refractivity contribution in [3.8, 4) is 23.0 Å². The summed E-state index contributed by atoms with van der Waals surface area (Å²) in [5.74, 6) is 1.10. The van der Waals surface area contributed by atoms with Gasteiger partial charge in [0.1, 0.15) is 24.4 Å². The van der Waals surface area contributed by atoms with Crippen molar-refractivity contribution >= 4 is 0 Å². The Morgan fingerprint density at radius 2 is 1.35 bits per heavy atom. The molecule has 0 spiro atoms. The number of hydrogen-bond donors (Lipinski definition) is 5. The Morgan fingerprint density at radius 3 is 1.95 bits per heavy atom. The topological polar surface area (TPSA) is 157 Å². The minimum atomic E-state index is -1.54. The molecule has 37 heavy (non-hydrogen) atoms. The van der Waals surface area contributed by atoms with Crippen LogP contribution in [0.1, 0.15) is 36.2 Å². The predicted octanol–water partition coefficient (Wildman–Crippen LogP) is 0.948. The number of aliphatic hydroxyl groups excluding tert-OH is 4. The molecule has 11 heteroatoms. The molecule has 0 unspecified atom stereocenters. The van der Waals surface area contributed by atoms with Crippen LogP contribution in [0.15, 0.2) is 36.4 Å². The van der Waals surface area contributed by atoms with Crippen molar-refractivity contribution in [1.29, 1.82) is 0 Å². The van der Waals surface area contributed by atoms with E-state index in [-0.39, 0.29) is 35.9 Å². The quantitative estimate of drug-likeness (QED) is 0.354. The smallest absolute Gasteiger partial charge is 0.229 e. The molecule has 3 saturated heterocycles. The molecule has 2 aromatic rings. The first-order valence-corrected chi connectivity index (χ1v) is 12.2. The second kappa shape index (κ2) is 10.6. The molecule has 0 radical (unpaired) electrons. The first-order valence-electron chi connectivity index (χ1n) is 12.2. The highest BCUT2D eigenvalue weighted by Gasteiger charge is 2.46. The van der Waals surface area contributed by atoms with Crippen molar-refractivity contribution < 1.29 is 54.0 Å². The lowest BCUT2D eigenvalue weighted by atomic mass is 9.99. The molecule has 9 atom stereocenters. The monoisotopic (exact) mass is 520 g/mol. The van der Waals surface area contributed by atoms with E-state index in [1.165, 1.54) is 14.2 Å². The number of fused-ring (bicyclic) bond motifs is 1. The molecule has 202 valence electrons. The van der Waals surface area contributed by atoms with E-state index in [1.807, 2.05) is 12.1 Å². The maximum absolute atomic E-state index is 10.3. The van der Waals surface area contributed by atoms with Gasteiger partial charge in [-0.2, -0.15) is 0 Å². The number of methoxy groups -OCH3 is 2. The summed E-state index contributed by atoms with van der Waals surface area (Å²) in [6.07, 6.45) is -6.19. The molecule has 0 bridgehead atoms. The van der Waals surface area contributed by atoms with E-state index in [9.17, 15) is 25.5 Å². The van der Waals surface area contributed by atoms with E-state index < -0.39 is 37.3 Å². The Kier molecular flexibility index (Phi) is 7.46. The van der Waals surface area contributed by atoms with Crippen molar-refractivity contribution in [3.05, 3.63) is 47.5 Å². The Bertz CT molecular complexity index is 1080. The van der Waals surface area contributed by atoms with Gasteiger partial charge in [-0.05, 0) is 35.4 Å². The van der Waals surface area contributed by atoms with E-state index in [1.54, 1.807) is 24.3 Å². The molecule has 3 aliphatic rings. The van der Waals surface area contributed by atoms with Gasteiger partial charge < -0.3 is 54.0 Å². The number of aromatic hydroxyl groups is 1. The van der Waals surface area contributed by atoms with E-state index >= 15 is 0 Å². The normalized spacial score (nSPS) is 35.2. The van der Waals surface area contributed by atoms with Gasteiger partial charge in [0.05, 0.1) is 45.2 Å². The first kappa shape index (κ1) is 26.0. The highest BCUT2D eigenvalue weighted by molar-refractivity contribution is 5.44. The SMILES string of the molecule is COc1cc([C@H]2C[C@H]3O[C@@H](c4ccc(O[C@@H]5O[C@H](CO)[C@@H](O)[C@H](O)[C@H]5O)c(OC)c4)C[C@H]3O2)ccc1O. The molecule has 0 aromatic heterocycles. The Hall–Kier alpha value is -2.64. The van der Waals surface area contributed by atoms with Gasteiger partial charge in [0.25, 0.3) is 0 Å². The van der Waals surface area contributed by atoms with Crippen molar-refractivity contribution in [2.45, 2.75) is 68.0 Å². The second-order valence-corrected chi connectivity index (χ2v) is 9.45. The summed E-state index contributed by atoms with van der Waals surface area (Å²) in [7, 11) is 2.98. The van der Waals surface area contributed by atoms with Crippen LogP contribution in [-0.2, 0) is 14.2 Å². The number of hydrogen-bond acceptors (Lipinski definition) is 11. The molecule has 11 nitrogen and oxygen atoms in total. The van der Waals surface area contributed by atoms with Gasteiger partial charge >= 0.3 is 0 Å². The average Bonchev–Trinajstić information content (AvgIpc) is 3.49. The molecule has 0 amide bonds. The van der Waals surface area contributed by atoms with Gasteiger partial charge in [-0.1, -0.05) is 12.1 Å². The van der Waals surface area contributed by atoms with Gasteiger partial charge in [0.2, 0.25) is 6.29 Å². The van der Waals surface area contributed by atoms with Gasteiger partial charge in [-0.15, -0.1) is 0 Å². The molecule has 3 aliphatic heterocycles. The number of phenols is 1. The zero-order valence-corrected chi connectivity index (χ0v) is 20.5. The molecule has 3 fully saturated rings. The fourth-order valence-electron chi connectivity index (χ4n) is 5.14. The summed E-state index contributed by atoms with van der Waals surface area (Å²) in [5, 5.41) is 49.5. The molecule has 0 saturated carbocycles. The van der Waals surface area contributed by atoms with Crippen LogP contribution in [0, 0.1) is 0 Å². The zero-order valence-electron chi connectivity index (χ0n) is 20.5. The molecule has 3 heterocycles. The number of phenolic OH excluding ortho intramolecular Hbond substituents is 1. The molecule has 0 aliphatic carbocycles. The minimum absolute atomic E-state index is 0.0775. The van der Waals surface area contributed by atoms with Crippen molar-refractivity contribution in [3.63, 3.8) is 0 Å². The second-order valence-electron chi connectivity index (χ2n) is 9.45. The third-order valence-electron chi connectivity index (χ3n) is 7.21. The summed E-state index contributed by atoms with van der Waals surface area (Å²) in [6.45, 7) is -0.550. The fourth-order valence-corrected chi connectivity index (χ4v) is 5.14. The standard InChI is InChI=1S/C26H32O11/c1-32-18-7-12(3-5-14(18)28)16-9-20-21(34-16)10-17(35-20)13-4-6-15(19(8-13)33-2)36-26-25(31)24(30)23(29)22(11-27)37-26/h3-8,16-17,20-31H,9-11H2,1-2H3/t16-,17-,20-,21-,22-,23-,24+,25-,26-/m1/s1. The summed E-state index contributed by atoms with van der Waals surface area (Å²) in [6, 6.07) is 10.4. The first-order chi connectivity index (χ1) is 17.8. The molecular formula is C26H32O11. The fraction of sp³-hybridized carbons (Fsp3) is 0.538. The number of aliphatic hydroxyl groups is 4. The average molecular weight is 521 g/mol. The van der Waals surface area contributed by atoms with Crippen molar-refractivity contribution in [2.75, 3.05) is 20.8 Å². The Labute approximate surface area is 213 Å².